The van der Waals surface area contributed by atoms with Crippen molar-refractivity contribution in [2.24, 2.45) is 0 Å². The molecular weight excluding hydrogens is 404 g/mol. The number of hydrogen-bond donors (Lipinski definition) is 4. The van der Waals surface area contributed by atoms with Gasteiger partial charge in [0.1, 0.15) is 17.3 Å². The van der Waals surface area contributed by atoms with Gasteiger partial charge in [0.15, 0.2) is 0 Å². The summed E-state index contributed by atoms with van der Waals surface area (Å²) in [6.07, 6.45) is 0.758. The predicted molar refractivity (Wildman–Crippen MR) is 125 cm³/mol. The van der Waals surface area contributed by atoms with Crippen LogP contribution in [0.15, 0.2) is 42.5 Å². The Morgan fingerprint density at radius 3 is 2.81 bits per heavy atom. The number of nitrogens with two attached hydrogens (primary N) is 2. The Balaban J connectivity index is 1.42. The van der Waals surface area contributed by atoms with Crippen molar-refractivity contribution in [3.05, 3.63) is 64.8 Å². The second kappa shape index (κ2) is 7.56. The number of rotatable bonds is 4. The highest BCUT2D eigenvalue weighted by Crippen LogP contribution is 2.30. The van der Waals surface area contributed by atoms with E-state index < -0.39 is 0 Å². The maximum absolute atomic E-state index is 12.9. The maximum atomic E-state index is 12.9. The lowest BCUT2D eigenvalue weighted by Crippen LogP contribution is -2.33. The number of pyridine rings is 1. The van der Waals surface area contributed by atoms with Crippen LogP contribution in [0.1, 0.15) is 38.9 Å². The van der Waals surface area contributed by atoms with Gasteiger partial charge in [-0.2, -0.15) is 0 Å². The average Bonchev–Trinajstić information content (AvgIpc) is 3.11. The molecule has 0 bridgehead atoms. The number of amides is 2. The second-order valence-corrected chi connectivity index (χ2v) is 7.98. The van der Waals surface area contributed by atoms with Gasteiger partial charge in [-0.25, -0.2) is 4.98 Å². The van der Waals surface area contributed by atoms with Crippen LogP contribution in [0.25, 0.3) is 21.7 Å². The molecule has 0 atom stereocenters. The maximum Gasteiger partial charge on any atom is 0.268 e. The summed E-state index contributed by atoms with van der Waals surface area (Å²) in [4.78, 5) is 29.4. The van der Waals surface area contributed by atoms with Crippen LogP contribution < -0.4 is 22.1 Å². The fourth-order valence-electron chi connectivity index (χ4n) is 4.54. The highest BCUT2D eigenvalue weighted by Gasteiger charge is 2.25. The predicted octanol–water partition coefficient (Wildman–Crippen LogP) is 2.59. The third kappa shape index (κ3) is 3.20. The molecule has 4 aromatic rings. The van der Waals surface area contributed by atoms with Crippen LogP contribution in [0.5, 0.6) is 0 Å². The van der Waals surface area contributed by atoms with E-state index in [2.05, 4.69) is 15.6 Å². The van der Waals surface area contributed by atoms with Gasteiger partial charge in [0.25, 0.3) is 11.8 Å². The first-order chi connectivity index (χ1) is 15.5. The number of anilines is 2. The summed E-state index contributed by atoms with van der Waals surface area (Å²) in [7, 11) is 0. The molecule has 0 fully saturated rings. The van der Waals surface area contributed by atoms with Crippen LogP contribution in [0.2, 0.25) is 0 Å². The number of aryl methyl sites for hydroxylation is 1. The number of benzene rings is 2. The SMILES string of the molecule is CCn1c2c(c3cc(C(=O)NCc4ccc5c(N)nc(N)cc5c4)ccc31)CCNC2=O. The van der Waals surface area contributed by atoms with Crippen molar-refractivity contribution in [1.82, 2.24) is 20.2 Å². The number of nitrogens with zero attached hydrogens (tertiary/aromatic N) is 2. The minimum atomic E-state index is -0.168. The number of aromatic nitrogens is 2. The molecule has 1 aliphatic heterocycles. The van der Waals surface area contributed by atoms with Gasteiger partial charge in [0.2, 0.25) is 0 Å². The standard InChI is InChI=1S/C24H24N6O2/c1-2-30-19-6-4-14(10-18(19)17-7-8-27-24(32)21(17)30)23(31)28-12-13-3-5-16-15(9-13)11-20(25)29-22(16)26/h3-6,9-11H,2,7-8,12H2,1H3,(H,27,32)(H,28,31)(H4,25,26,29). The molecule has 162 valence electrons. The minimum Gasteiger partial charge on any atom is -0.384 e. The van der Waals surface area contributed by atoms with Gasteiger partial charge in [-0.3, -0.25) is 9.59 Å². The van der Waals surface area contributed by atoms with Crippen LogP contribution in [0, 0.1) is 0 Å². The Bertz CT molecular complexity index is 1410. The van der Waals surface area contributed by atoms with E-state index in [1.807, 2.05) is 41.8 Å². The fraction of sp³-hybridized carbons (Fsp3) is 0.208. The molecular formula is C24H24N6O2. The Morgan fingerprint density at radius 2 is 2.00 bits per heavy atom. The first kappa shape index (κ1) is 19.9. The summed E-state index contributed by atoms with van der Waals surface area (Å²) < 4.78 is 2.02. The average molecular weight is 428 g/mol. The Labute approximate surface area is 184 Å². The zero-order valence-corrected chi connectivity index (χ0v) is 17.7. The Morgan fingerprint density at radius 1 is 1.16 bits per heavy atom. The number of carbonyl (C=O) groups is 2. The highest BCUT2D eigenvalue weighted by molar-refractivity contribution is 6.05. The summed E-state index contributed by atoms with van der Waals surface area (Å²) in [5.41, 5.74) is 15.9. The van der Waals surface area contributed by atoms with Crippen LogP contribution in [0.3, 0.4) is 0 Å². The van der Waals surface area contributed by atoms with E-state index in [1.54, 1.807) is 12.1 Å². The molecule has 6 N–H and O–H groups in total. The van der Waals surface area contributed by atoms with Crippen molar-refractivity contribution in [1.29, 1.82) is 0 Å². The van der Waals surface area contributed by atoms with E-state index in [0.717, 1.165) is 39.2 Å². The molecule has 5 rings (SSSR count). The smallest absolute Gasteiger partial charge is 0.268 e. The molecule has 0 saturated carbocycles. The van der Waals surface area contributed by atoms with Gasteiger partial charge in [-0.15, -0.1) is 0 Å². The van der Waals surface area contributed by atoms with Gasteiger partial charge in [-0.05, 0) is 60.2 Å². The molecule has 0 radical (unpaired) electrons. The molecule has 2 aromatic carbocycles. The molecule has 2 aromatic heterocycles. The molecule has 2 amide bonds. The summed E-state index contributed by atoms with van der Waals surface area (Å²) in [5, 5.41) is 8.57. The third-order valence-corrected chi connectivity index (χ3v) is 6.02. The largest absolute Gasteiger partial charge is 0.384 e. The zero-order valence-electron chi connectivity index (χ0n) is 17.7. The van der Waals surface area contributed by atoms with Gasteiger partial charge in [0, 0.05) is 41.5 Å². The molecule has 0 unspecified atom stereocenters. The lowest BCUT2D eigenvalue weighted by molar-refractivity contribution is 0.0933. The third-order valence-electron chi connectivity index (χ3n) is 6.02. The quantitative estimate of drug-likeness (QED) is 0.397. The first-order valence-electron chi connectivity index (χ1n) is 10.6. The molecule has 0 aliphatic carbocycles. The Kier molecular flexibility index (Phi) is 4.70. The number of hydrogen-bond acceptors (Lipinski definition) is 5. The monoisotopic (exact) mass is 428 g/mol. The highest BCUT2D eigenvalue weighted by atomic mass is 16.2. The first-order valence-corrected chi connectivity index (χ1v) is 10.6. The molecule has 32 heavy (non-hydrogen) atoms. The lowest BCUT2D eigenvalue weighted by atomic mass is 10.0. The van der Waals surface area contributed by atoms with Crippen molar-refractivity contribution in [3.63, 3.8) is 0 Å². The summed E-state index contributed by atoms with van der Waals surface area (Å²) >= 11 is 0. The van der Waals surface area contributed by atoms with E-state index in [9.17, 15) is 9.59 Å². The van der Waals surface area contributed by atoms with Crippen molar-refractivity contribution in [2.45, 2.75) is 26.4 Å². The van der Waals surface area contributed by atoms with E-state index in [1.165, 1.54) is 0 Å². The van der Waals surface area contributed by atoms with Gasteiger partial charge >= 0.3 is 0 Å². The Hall–Kier alpha value is -4.07. The summed E-state index contributed by atoms with van der Waals surface area (Å²) in [5.74, 6) is 0.530. The van der Waals surface area contributed by atoms with Crippen molar-refractivity contribution in [3.8, 4) is 0 Å². The zero-order chi connectivity index (χ0) is 22.4. The van der Waals surface area contributed by atoms with E-state index in [4.69, 9.17) is 11.5 Å². The lowest BCUT2D eigenvalue weighted by Gasteiger charge is -2.15. The van der Waals surface area contributed by atoms with Gasteiger partial charge in [0.05, 0.1) is 0 Å². The number of fused-ring (bicyclic) bond motifs is 4. The minimum absolute atomic E-state index is 0.0527. The van der Waals surface area contributed by atoms with E-state index >= 15 is 0 Å². The van der Waals surface area contributed by atoms with Crippen molar-refractivity contribution < 1.29 is 9.59 Å². The van der Waals surface area contributed by atoms with Gasteiger partial charge < -0.3 is 26.7 Å². The van der Waals surface area contributed by atoms with E-state index in [-0.39, 0.29) is 11.8 Å². The van der Waals surface area contributed by atoms with Crippen LogP contribution in [-0.2, 0) is 19.5 Å². The number of nitrogens with one attached hydrogen (secondary N) is 2. The fourth-order valence-corrected chi connectivity index (χ4v) is 4.54. The van der Waals surface area contributed by atoms with E-state index in [0.29, 0.717) is 42.5 Å². The number of nitrogen functional groups attached to an aromatic ring is 2. The molecule has 8 nitrogen and oxygen atoms in total. The van der Waals surface area contributed by atoms with Crippen molar-refractivity contribution in [2.75, 3.05) is 18.0 Å². The second-order valence-electron chi connectivity index (χ2n) is 7.98. The molecule has 8 heteroatoms. The molecule has 0 saturated heterocycles. The topological polar surface area (TPSA) is 128 Å². The van der Waals surface area contributed by atoms with Crippen LogP contribution >= 0.6 is 0 Å². The molecule has 1 aliphatic rings. The summed E-state index contributed by atoms with van der Waals surface area (Å²) in [6.45, 7) is 3.68. The normalized spacial score (nSPS) is 13.2. The number of carbonyl (C=O) groups excluding carboxylic acids is 2. The van der Waals surface area contributed by atoms with Crippen molar-refractivity contribution >= 4 is 45.1 Å². The molecule has 0 spiro atoms. The molecule has 3 heterocycles. The van der Waals surface area contributed by atoms with Crippen LogP contribution in [-0.4, -0.2) is 27.9 Å². The van der Waals surface area contributed by atoms with Crippen LogP contribution in [0.4, 0.5) is 11.6 Å². The summed E-state index contributed by atoms with van der Waals surface area (Å²) in [6, 6.07) is 13.1. The van der Waals surface area contributed by atoms with Gasteiger partial charge in [-0.1, -0.05) is 12.1 Å².